The molecule has 0 bridgehead atoms. The minimum atomic E-state index is -0.504. The van der Waals surface area contributed by atoms with Crippen molar-refractivity contribution >= 4 is 28.8 Å². The highest BCUT2D eigenvalue weighted by Crippen LogP contribution is 2.23. The van der Waals surface area contributed by atoms with Gasteiger partial charge in [0.15, 0.2) is 5.58 Å². The molecular weight excluding hydrogens is 266 g/mol. The van der Waals surface area contributed by atoms with E-state index in [-0.39, 0.29) is 24.1 Å². The molecule has 8 heteroatoms. The van der Waals surface area contributed by atoms with Crippen LogP contribution < -0.4 is 5.32 Å². The van der Waals surface area contributed by atoms with Crippen LogP contribution in [0.3, 0.4) is 0 Å². The lowest BCUT2D eigenvalue weighted by Crippen LogP contribution is -2.11. The molecule has 0 aliphatic rings. The number of nitrogens with one attached hydrogen (secondary N) is 1. The zero-order valence-electron chi connectivity index (χ0n) is 10.8. The summed E-state index contributed by atoms with van der Waals surface area (Å²) in [5.74, 6) is -0.313. The Bertz CT molecular complexity index is 637. The minimum Gasteiger partial charge on any atom is -0.466 e. The van der Waals surface area contributed by atoms with Gasteiger partial charge < -0.3 is 14.5 Å². The predicted molar refractivity (Wildman–Crippen MR) is 70.4 cm³/mol. The van der Waals surface area contributed by atoms with Gasteiger partial charge in [-0.05, 0) is 13.0 Å². The molecule has 0 saturated carbocycles. The average molecular weight is 279 g/mol. The zero-order valence-corrected chi connectivity index (χ0v) is 10.8. The smallest absolute Gasteiger partial charge is 0.307 e. The number of nitro groups is 1. The van der Waals surface area contributed by atoms with Crippen molar-refractivity contribution in [2.45, 2.75) is 13.3 Å². The molecule has 0 aliphatic carbocycles. The molecule has 1 aromatic carbocycles. The Morgan fingerprint density at radius 2 is 2.35 bits per heavy atom. The molecule has 1 heterocycles. The summed E-state index contributed by atoms with van der Waals surface area (Å²) in [7, 11) is 0. The summed E-state index contributed by atoms with van der Waals surface area (Å²) >= 11 is 0. The molecule has 0 saturated heterocycles. The third-order valence-electron chi connectivity index (χ3n) is 2.49. The molecule has 0 atom stereocenters. The maximum absolute atomic E-state index is 11.1. The third kappa shape index (κ3) is 3.22. The Balaban J connectivity index is 2.01. The SMILES string of the molecule is CCOC(=O)CCNc1nc2ccc([N+](=O)[O-])cc2o1. The largest absolute Gasteiger partial charge is 0.466 e. The molecule has 8 nitrogen and oxygen atoms in total. The first kappa shape index (κ1) is 13.8. The van der Waals surface area contributed by atoms with Gasteiger partial charge in [0, 0.05) is 12.6 Å². The molecule has 0 radical (unpaired) electrons. The van der Waals surface area contributed by atoms with E-state index in [9.17, 15) is 14.9 Å². The van der Waals surface area contributed by atoms with E-state index in [0.29, 0.717) is 24.3 Å². The minimum absolute atomic E-state index is 0.0632. The van der Waals surface area contributed by atoms with E-state index in [1.54, 1.807) is 6.92 Å². The number of carbonyl (C=O) groups excluding carboxylic acids is 1. The van der Waals surface area contributed by atoms with Crippen LogP contribution in [-0.4, -0.2) is 29.0 Å². The monoisotopic (exact) mass is 279 g/mol. The summed E-state index contributed by atoms with van der Waals surface area (Å²) in [6, 6.07) is 4.38. The van der Waals surface area contributed by atoms with Crippen molar-refractivity contribution in [3.05, 3.63) is 28.3 Å². The van der Waals surface area contributed by atoms with Crippen LogP contribution in [0.2, 0.25) is 0 Å². The molecule has 0 fully saturated rings. The number of anilines is 1. The molecule has 0 spiro atoms. The van der Waals surface area contributed by atoms with Gasteiger partial charge in [0.25, 0.3) is 11.7 Å². The maximum Gasteiger partial charge on any atom is 0.307 e. The van der Waals surface area contributed by atoms with Gasteiger partial charge in [0.2, 0.25) is 0 Å². The number of carbonyl (C=O) groups is 1. The second-order valence-corrected chi connectivity index (χ2v) is 3.91. The van der Waals surface area contributed by atoms with Crippen LogP contribution in [0.4, 0.5) is 11.7 Å². The highest BCUT2D eigenvalue weighted by molar-refractivity contribution is 5.77. The number of nitrogens with zero attached hydrogens (tertiary/aromatic N) is 2. The standard InChI is InChI=1S/C12H13N3O5/c1-2-19-11(16)5-6-13-12-14-9-4-3-8(15(17)18)7-10(9)20-12/h3-4,7H,2,5-6H2,1H3,(H,13,14). The van der Waals surface area contributed by atoms with E-state index < -0.39 is 4.92 Å². The number of benzene rings is 1. The first-order valence-corrected chi connectivity index (χ1v) is 6.04. The van der Waals surface area contributed by atoms with Crippen LogP contribution in [0.25, 0.3) is 11.1 Å². The molecule has 2 aromatic rings. The summed E-state index contributed by atoms with van der Waals surface area (Å²) in [4.78, 5) is 25.4. The summed E-state index contributed by atoms with van der Waals surface area (Å²) in [5.41, 5.74) is 0.763. The number of hydrogen-bond donors (Lipinski definition) is 1. The first-order chi connectivity index (χ1) is 9.60. The van der Waals surface area contributed by atoms with Gasteiger partial charge in [-0.15, -0.1) is 0 Å². The number of fused-ring (bicyclic) bond motifs is 1. The predicted octanol–water partition coefficient (Wildman–Crippen LogP) is 2.10. The zero-order chi connectivity index (χ0) is 14.5. The molecule has 106 valence electrons. The number of ether oxygens (including phenoxy) is 1. The van der Waals surface area contributed by atoms with E-state index in [0.717, 1.165) is 0 Å². The van der Waals surface area contributed by atoms with Crippen LogP contribution in [-0.2, 0) is 9.53 Å². The van der Waals surface area contributed by atoms with E-state index in [1.165, 1.54) is 18.2 Å². The number of non-ortho nitro benzene ring substituents is 1. The van der Waals surface area contributed by atoms with Crippen LogP contribution in [0.15, 0.2) is 22.6 Å². The molecule has 1 N–H and O–H groups in total. The van der Waals surface area contributed by atoms with E-state index in [2.05, 4.69) is 10.3 Å². The average Bonchev–Trinajstić information content (AvgIpc) is 2.80. The number of esters is 1. The summed E-state index contributed by atoms with van der Waals surface area (Å²) in [6.45, 7) is 2.39. The Morgan fingerprint density at radius 3 is 3.05 bits per heavy atom. The fourth-order valence-corrected chi connectivity index (χ4v) is 1.61. The first-order valence-electron chi connectivity index (χ1n) is 6.04. The van der Waals surface area contributed by atoms with E-state index >= 15 is 0 Å². The van der Waals surface area contributed by atoms with Gasteiger partial charge in [-0.1, -0.05) is 0 Å². The van der Waals surface area contributed by atoms with Crippen molar-refractivity contribution in [3.63, 3.8) is 0 Å². The number of nitro benzene ring substituents is 1. The molecule has 20 heavy (non-hydrogen) atoms. The second kappa shape index (κ2) is 6.00. The molecule has 2 rings (SSSR count). The Kier molecular flexibility index (Phi) is 4.14. The van der Waals surface area contributed by atoms with Crippen LogP contribution >= 0.6 is 0 Å². The van der Waals surface area contributed by atoms with Crippen LogP contribution in [0, 0.1) is 10.1 Å². The number of rotatable bonds is 6. The van der Waals surface area contributed by atoms with Gasteiger partial charge in [-0.2, -0.15) is 4.98 Å². The maximum atomic E-state index is 11.1. The van der Waals surface area contributed by atoms with E-state index in [1.807, 2.05) is 0 Å². The van der Waals surface area contributed by atoms with Crippen molar-refractivity contribution in [3.8, 4) is 0 Å². The summed E-state index contributed by atoms with van der Waals surface area (Å²) in [5, 5.41) is 13.5. The Morgan fingerprint density at radius 1 is 1.55 bits per heavy atom. The molecule has 0 aliphatic heterocycles. The van der Waals surface area contributed by atoms with Gasteiger partial charge in [-0.25, -0.2) is 0 Å². The lowest BCUT2D eigenvalue weighted by molar-refractivity contribution is -0.384. The number of oxazole rings is 1. The summed E-state index contributed by atoms with van der Waals surface area (Å²) in [6.07, 6.45) is 0.187. The van der Waals surface area contributed by atoms with Crippen LogP contribution in [0.1, 0.15) is 13.3 Å². The fraction of sp³-hybridized carbons (Fsp3) is 0.333. The Hall–Kier alpha value is -2.64. The van der Waals surface area contributed by atoms with Crippen molar-refractivity contribution in [1.82, 2.24) is 4.98 Å². The number of aromatic nitrogens is 1. The van der Waals surface area contributed by atoms with E-state index in [4.69, 9.17) is 9.15 Å². The van der Waals surface area contributed by atoms with Gasteiger partial charge in [0.1, 0.15) is 5.52 Å². The molecule has 0 amide bonds. The van der Waals surface area contributed by atoms with Crippen LogP contribution in [0.5, 0.6) is 0 Å². The van der Waals surface area contributed by atoms with Gasteiger partial charge >= 0.3 is 5.97 Å². The normalized spacial score (nSPS) is 10.4. The molecule has 1 aromatic heterocycles. The fourth-order valence-electron chi connectivity index (χ4n) is 1.61. The van der Waals surface area contributed by atoms with Crippen molar-refractivity contribution in [2.24, 2.45) is 0 Å². The molecule has 0 unspecified atom stereocenters. The highest BCUT2D eigenvalue weighted by atomic mass is 16.6. The lowest BCUT2D eigenvalue weighted by Gasteiger charge is -2.01. The summed E-state index contributed by atoms with van der Waals surface area (Å²) < 4.78 is 10.1. The highest BCUT2D eigenvalue weighted by Gasteiger charge is 2.11. The molecular formula is C12H13N3O5. The van der Waals surface area contributed by atoms with Crippen molar-refractivity contribution in [2.75, 3.05) is 18.5 Å². The van der Waals surface area contributed by atoms with Crippen molar-refractivity contribution in [1.29, 1.82) is 0 Å². The lowest BCUT2D eigenvalue weighted by atomic mass is 10.3. The van der Waals surface area contributed by atoms with Gasteiger partial charge in [-0.3, -0.25) is 14.9 Å². The number of hydrogen-bond acceptors (Lipinski definition) is 7. The second-order valence-electron chi connectivity index (χ2n) is 3.91. The third-order valence-corrected chi connectivity index (χ3v) is 2.49. The topological polar surface area (TPSA) is 108 Å². The van der Waals surface area contributed by atoms with Crippen molar-refractivity contribution < 1.29 is 18.9 Å². The quantitative estimate of drug-likeness (QED) is 0.490. The van der Waals surface area contributed by atoms with Gasteiger partial charge in [0.05, 0.1) is 24.0 Å². The Labute approximate surface area is 113 Å².